The van der Waals surface area contributed by atoms with Gasteiger partial charge in [-0.05, 0) is 24.6 Å². The molecule has 0 spiro atoms. The third kappa shape index (κ3) is 4.21. The number of esters is 1. The van der Waals surface area contributed by atoms with Crippen LogP contribution in [-0.4, -0.2) is 24.1 Å². The van der Waals surface area contributed by atoms with E-state index in [2.05, 4.69) is 10.3 Å². The quantitative estimate of drug-likeness (QED) is 0.826. The molecule has 0 radical (unpaired) electrons. The molecule has 2 rings (SSSR count). The maximum Gasteiger partial charge on any atom is 0.328 e. The zero-order chi connectivity index (χ0) is 15.1. The van der Waals surface area contributed by atoms with E-state index >= 15 is 0 Å². The van der Waals surface area contributed by atoms with Crippen molar-refractivity contribution in [2.24, 2.45) is 0 Å². The van der Waals surface area contributed by atoms with E-state index in [0.717, 1.165) is 5.69 Å². The summed E-state index contributed by atoms with van der Waals surface area (Å²) in [6.07, 6.45) is 2.31. The van der Waals surface area contributed by atoms with Gasteiger partial charge in [-0.15, -0.1) is 0 Å². The Balaban J connectivity index is 2.08. The molecule has 0 aliphatic carbocycles. The van der Waals surface area contributed by atoms with Crippen molar-refractivity contribution in [3.8, 4) is 11.6 Å². The zero-order valence-electron chi connectivity index (χ0n) is 12.1. The molecular formula is C16H18N2O3. The fourth-order valence-corrected chi connectivity index (χ4v) is 1.85. The summed E-state index contributed by atoms with van der Waals surface area (Å²) in [5.41, 5.74) is 0.792. The molecule has 110 valence electrons. The van der Waals surface area contributed by atoms with Crippen molar-refractivity contribution >= 4 is 11.7 Å². The molecule has 21 heavy (non-hydrogen) atoms. The molecular weight excluding hydrogens is 268 g/mol. The van der Waals surface area contributed by atoms with Gasteiger partial charge in [0, 0.05) is 24.0 Å². The van der Waals surface area contributed by atoms with Gasteiger partial charge >= 0.3 is 5.97 Å². The molecule has 0 saturated heterocycles. The molecule has 0 unspecified atom stereocenters. The number of methoxy groups -OCH3 is 1. The molecule has 1 heterocycles. The second-order valence-electron chi connectivity index (χ2n) is 4.43. The van der Waals surface area contributed by atoms with Crippen LogP contribution in [0.5, 0.6) is 11.6 Å². The SMILES string of the molecule is CC[C@H](Nc1cccc(Oc2ccccn2)c1)C(=O)OC. The summed E-state index contributed by atoms with van der Waals surface area (Å²) in [6.45, 7) is 1.92. The number of hydrogen-bond acceptors (Lipinski definition) is 5. The van der Waals surface area contributed by atoms with Crippen LogP contribution in [0.4, 0.5) is 5.69 Å². The molecule has 1 aromatic heterocycles. The maximum atomic E-state index is 11.6. The molecule has 5 nitrogen and oxygen atoms in total. The zero-order valence-corrected chi connectivity index (χ0v) is 12.1. The van der Waals surface area contributed by atoms with Gasteiger partial charge in [-0.1, -0.05) is 19.1 Å². The van der Waals surface area contributed by atoms with Crippen LogP contribution < -0.4 is 10.1 Å². The lowest BCUT2D eigenvalue weighted by Gasteiger charge is -2.16. The van der Waals surface area contributed by atoms with Gasteiger partial charge in [0.2, 0.25) is 5.88 Å². The summed E-state index contributed by atoms with van der Waals surface area (Å²) in [6, 6.07) is 12.5. The average Bonchev–Trinajstić information content (AvgIpc) is 2.53. The van der Waals surface area contributed by atoms with Crippen molar-refractivity contribution < 1.29 is 14.3 Å². The lowest BCUT2D eigenvalue weighted by atomic mass is 10.2. The molecule has 0 aliphatic rings. The second-order valence-corrected chi connectivity index (χ2v) is 4.43. The Morgan fingerprint density at radius 1 is 1.29 bits per heavy atom. The minimum absolute atomic E-state index is 0.284. The average molecular weight is 286 g/mol. The van der Waals surface area contributed by atoms with Crippen LogP contribution in [-0.2, 0) is 9.53 Å². The maximum absolute atomic E-state index is 11.6. The Morgan fingerprint density at radius 3 is 2.81 bits per heavy atom. The van der Waals surface area contributed by atoms with Crippen molar-refractivity contribution in [3.63, 3.8) is 0 Å². The molecule has 0 amide bonds. The third-order valence-electron chi connectivity index (χ3n) is 2.93. The van der Waals surface area contributed by atoms with Crippen molar-refractivity contribution in [2.45, 2.75) is 19.4 Å². The van der Waals surface area contributed by atoms with Crippen LogP contribution in [0.1, 0.15) is 13.3 Å². The standard InChI is InChI=1S/C16H18N2O3/c1-3-14(16(19)20-2)18-12-7-6-8-13(11-12)21-15-9-4-5-10-17-15/h4-11,14,18H,3H2,1-2H3/t14-/m0/s1. The molecule has 5 heteroatoms. The Bertz CT molecular complexity index is 587. The number of pyridine rings is 1. The van der Waals surface area contributed by atoms with E-state index in [1.165, 1.54) is 7.11 Å². The van der Waals surface area contributed by atoms with Crippen LogP contribution in [0.3, 0.4) is 0 Å². The molecule has 1 N–H and O–H groups in total. The molecule has 0 saturated carbocycles. The molecule has 0 fully saturated rings. The smallest absolute Gasteiger partial charge is 0.328 e. The topological polar surface area (TPSA) is 60.5 Å². The van der Waals surface area contributed by atoms with Gasteiger partial charge in [0.1, 0.15) is 11.8 Å². The van der Waals surface area contributed by atoms with Gasteiger partial charge < -0.3 is 14.8 Å². The highest BCUT2D eigenvalue weighted by Gasteiger charge is 2.16. The number of hydrogen-bond donors (Lipinski definition) is 1. The van der Waals surface area contributed by atoms with E-state index in [1.54, 1.807) is 12.3 Å². The van der Waals surface area contributed by atoms with Gasteiger partial charge in [0.25, 0.3) is 0 Å². The van der Waals surface area contributed by atoms with Crippen molar-refractivity contribution in [3.05, 3.63) is 48.7 Å². The lowest BCUT2D eigenvalue weighted by Crippen LogP contribution is -2.29. The largest absolute Gasteiger partial charge is 0.467 e. The van der Waals surface area contributed by atoms with Crippen molar-refractivity contribution in [2.75, 3.05) is 12.4 Å². The number of carbonyl (C=O) groups excluding carboxylic acids is 1. The van der Waals surface area contributed by atoms with Gasteiger partial charge in [-0.2, -0.15) is 0 Å². The number of benzene rings is 1. The Kier molecular flexibility index (Phi) is 5.15. The van der Waals surface area contributed by atoms with Crippen LogP contribution >= 0.6 is 0 Å². The summed E-state index contributed by atoms with van der Waals surface area (Å²) in [7, 11) is 1.38. The fraction of sp³-hybridized carbons (Fsp3) is 0.250. The van der Waals surface area contributed by atoms with E-state index in [4.69, 9.17) is 9.47 Å². The number of nitrogens with zero attached hydrogens (tertiary/aromatic N) is 1. The highest BCUT2D eigenvalue weighted by atomic mass is 16.5. The predicted octanol–water partition coefficient (Wildman–Crippen LogP) is 3.24. The fourth-order valence-electron chi connectivity index (χ4n) is 1.85. The van der Waals surface area contributed by atoms with E-state index in [-0.39, 0.29) is 12.0 Å². The number of rotatable bonds is 6. The first-order chi connectivity index (χ1) is 10.2. The minimum Gasteiger partial charge on any atom is -0.467 e. The highest BCUT2D eigenvalue weighted by molar-refractivity contribution is 5.79. The van der Waals surface area contributed by atoms with Crippen molar-refractivity contribution in [1.29, 1.82) is 0 Å². The van der Waals surface area contributed by atoms with Crippen LogP contribution in [0.15, 0.2) is 48.7 Å². The van der Waals surface area contributed by atoms with E-state index in [0.29, 0.717) is 18.1 Å². The molecule has 0 aliphatic heterocycles. The first-order valence-electron chi connectivity index (χ1n) is 6.76. The predicted molar refractivity (Wildman–Crippen MR) is 80.5 cm³/mol. The highest BCUT2D eigenvalue weighted by Crippen LogP contribution is 2.23. The summed E-state index contributed by atoms with van der Waals surface area (Å²) >= 11 is 0. The van der Waals surface area contributed by atoms with Crippen molar-refractivity contribution in [1.82, 2.24) is 4.98 Å². The van der Waals surface area contributed by atoms with Crippen LogP contribution in [0.25, 0.3) is 0 Å². The van der Waals surface area contributed by atoms with E-state index < -0.39 is 0 Å². The summed E-state index contributed by atoms with van der Waals surface area (Å²) < 4.78 is 10.4. The van der Waals surface area contributed by atoms with Gasteiger partial charge in [-0.3, -0.25) is 0 Å². The number of nitrogens with one attached hydrogen (secondary N) is 1. The van der Waals surface area contributed by atoms with Gasteiger partial charge in [0.05, 0.1) is 7.11 Å². The lowest BCUT2D eigenvalue weighted by molar-refractivity contribution is -0.141. The number of aromatic nitrogens is 1. The van der Waals surface area contributed by atoms with E-state index in [9.17, 15) is 4.79 Å². The molecule has 0 bridgehead atoms. The minimum atomic E-state index is -0.375. The first-order valence-corrected chi connectivity index (χ1v) is 6.76. The summed E-state index contributed by atoms with van der Waals surface area (Å²) in [5.74, 6) is 0.890. The Morgan fingerprint density at radius 2 is 2.14 bits per heavy atom. The Labute approximate surface area is 123 Å². The van der Waals surface area contributed by atoms with E-state index in [1.807, 2.05) is 43.3 Å². The molecule has 1 atom stereocenters. The number of carbonyl (C=O) groups is 1. The van der Waals surface area contributed by atoms with Crippen LogP contribution in [0.2, 0.25) is 0 Å². The number of anilines is 1. The van der Waals surface area contributed by atoms with Gasteiger partial charge in [0.15, 0.2) is 0 Å². The first kappa shape index (κ1) is 14.8. The Hall–Kier alpha value is -2.56. The molecule has 1 aromatic carbocycles. The molecule has 2 aromatic rings. The summed E-state index contributed by atoms with van der Waals surface area (Å²) in [5, 5.41) is 3.13. The number of ether oxygens (including phenoxy) is 2. The van der Waals surface area contributed by atoms with Gasteiger partial charge in [-0.25, -0.2) is 9.78 Å². The second kappa shape index (κ2) is 7.28. The normalized spacial score (nSPS) is 11.5. The third-order valence-corrected chi connectivity index (χ3v) is 2.93. The van der Waals surface area contributed by atoms with Crippen LogP contribution in [0, 0.1) is 0 Å². The monoisotopic (exact) mass is 286 g/mol. The summed E-state index contributed by atoms with van der Waals surface area (Å²) in [4.78, 5) is 15.7.